The SMILES string of the molecule is C=CCO[C@@]12Oc3ccc(OCCN4CC4)cc3[C@H]3[C@H](CCCCO)[C@@H](CCCCO)C=C(C(=NOCc4ccccc4)C[C@@H]1N(CCC)C(=O)OCCCCCCCCCCCC)[C@H]32. The molecule has 0 bridgehead atoms. The number of carbonyl (C=O) groups is 1. The molecule has 2 aliphatic carbocycles. The highest BCUT2D eigenvalue weighted by Crippen LogP contribution is 2.62. The number of unbranched alkanes of at least 4 members (excludes halogenated alkanes) is 11. The molecule has 1 saturated heterocycles. The first-order valence-corrected chi connectivity index (χ1v) is 25.5. The largest absolute Gasteiger partial charge is 0.492 e. The fourth-order valence-corrected chi connectivity index (χ4v) is 10.5. The van der Waals surface area contributed by atoms with Crippen molar-refractivity contribution >= 4 is 11.8 Å². The summed E-state index contributed by atoms with van der Waals surface area (Å²) in [4.78, 5) is 25.1. The molecule has 2 aromatic rings. The number of benzene rings is 2. The van der Waals surface area contributed by atoms with Crippen LogP contribution in [-0.2, 0) is 20.9 Å². The van der Waals surface area contributed by atoms with E-state index in [0.717, 1.165) is 98.5 Å². The summed E-state index contributed by atoms with van der Waals surface area (Å²) in [6, 6.07) is 15.6. The van der Waals surface area contributed by atoms with Gasteiger partial charge in [0.2, 0.25) is 5.79 Å². The van der Waals surface area contributed by atoms with E-state index in [1.807, 2.05) is 47.4 Å². The summed E-state index contributed by atoms with van der Waals surface area (Å²) < 4.78 is 27.2. The van der Waals surface area contributed by atoms with Gasteiger partial charge >= 0.3 is 6.09 Å². The summed E-state index contributed by atoms with van der Waals surface area (Å²) >= 11 is 0. The van der Waals surface area contributed by atoms with Gasteiger partial charge in [0.25, 0.3) is 0 Å². The number of nitrogens with zero attached hydrogens (tertiary/aromatic N) is 3. The van der Waals surface area contributed by atoms with Gasteiger partial charge in [-0.25, -0.2) is 4.79 Å². The average molecular weight is 900 g/mol. The highest BCUT2D eigenvalue weighted by Gasteiger charge is 2.65. The Morgan fingerprint density at radius 1 is 0.892 bits per heavy atom. The van der Waals surface area contributed by atoms with Gasteiger partial charge in [-0.2, -0.15) is 0 Å². The third-order valence-electron chi connectivity index (χ3n) is 13.9. The van der Waals surface area contributed by atoms with E-state index in [4.69, 9.17) is 28.9 Å². The molecule has 0 spiro atoms. The molecule has 360 valence electrons. The van der Waals surface area contributed by atoms with E-state index >= 15 is 0 Å². The van der Waals surface area contributed by atoms with E-state index in [1.54, 1.807) is 6.08 Å². The summed E-state index contributed by atoms with van der Waals surface area (Å²) in [6.07, 6.45) is 21.7. The number of carbonyl (C=O) groups excluding carboxylic acids is 1. The first-order valence-electron chi connectivity index (χ1n) is 25.5. The first-order chi connectivity index (χ1) is 32.0. The van der Waals surface area contributed by atoms with Gasteiger partial charge in [0, 0.05) is 57.3 Å². The summed E-state index contributed by atoms with van der Waals surface area (Å²) in [7, 11) is 0. The number of amides is 1. The second-order valence-corrected chi connectivity index (χ2v) is 18.7. The standard InChI is InChI=1S/C54H81N3O8/c1-4-7-8-9-10-11-12-13-14-22-36-62-53(60)57(29-5-2)50-40-48(55-64-41-42-23-16-15-17-24-42)46-38-43(25-18-20-33-58)45(26-19-21-34-59)51-47-39-44(61-37-32-56-30-31-56)27-28-49(47)65-54(50,52(46)51)63-35-6-3/h6,15-17,23-24,27-28,38-39,43,45,50-52,58-59H,3-5,7-14,18-22,25-26,29-37,40-41H2,1-2H3/t43-,45+,50-,51+,52+,54+/m0/s1. The number of hydrogen-bond donors (Lipinski definition) is 2. The van der Waals surface area contributed by atoms with Gasteiger partial charge < -0.3 is 34.0 Å². The molecule has 1 saturated carbocycles. The van der Waals surface area contributed by atoms with Crippen LogP contribution >= 0.6 is 0 Å². The van der Waals surface area contributed by atoms with E-state index in [-0.39, 0.29) is 49.6 Å². The number of fused-ring (bicyclic) bond motifs is 2. The molecule has 11 heteroatoms. The minimum absolute atomic E-state index is 0.120. The van der Waals surface area contributed by atoms with E-state index in [1.165, 1.54) is 44.9 Å². The average Bonchev–Trinajstić information content (AvgIpc) is 4.15. The number of oxime groups is 1. The maximum Gasteiger partial charge on any atom is 0.410 e. The van der Waals surface area contributed by atoms with Crippen LogP contribution in [0.4, 0.5) is 4.79 Å². The molecule has 4 aliphatic rings. The molecule has 6 atom stereocenters. The maximum absolute atomic E-state index is 14.6. The topological polar surface area (TPSA) is 122 Å². The van der Waals surface area contributed by atoms with Gasteiger partial charge in [-0.3, -0.25) is 9.80 Å². The van der Waals surface area contributed by atoms with Crippen LogP contribution in [0.1, 0.15) is 146 Å². The summed E-state index contributed by atoms with van der Waals surface area (Å²) in [5, 5.41) is 24.9. The smallest absolute Gasteiger partial charge is 0.410 e. The molecule has 1 amide bonds. The molecular formula is C54H81N3O8. The lowest BCUT2D eigenvalue weighted by atomic mass is 9.55. The zero-order valence-electron chi connectivity index (χ0n) is 39.9. The quantitative estimate of drug-likeness (QED) is 0.0320. The van der Waals surface area contributed by atoms with Crippen molar-refractivity contribution in [3.8, 4) is 11.5 Å². The Labute approximate surface area is 390 Å². The second-order valence-electron chi connectivity index (χ2n) is 18.7. The minimum atomic E-state index is -1.33. The molecule has 2 N–H and O–H groups in total. The molecule has 11 nitrogen and oxygen atoms in total. The van der Waals surface area contributed by atoms with Crippen molar-refractivity contribution in [2.45, 2.75) is 154 Å². The van der Waals surface area contributed by atoms with Gasteiger partial charge in [0.1, 0.15) is 30.8 Å². The van der Waals surface area contributed by atoms with Crippen LogP contribution in [0.15, 0.2) is 78.0 Å². The first kappa shape index (κ1) is 50.5. The molecular weight excluding hydrogens is 819 g/mol. The molecule has 2 aliphatic heterocycles. The lowest BCUT2D eigenvalue weighted by molar-refractivity contribution is -0.255. The zero-order valence-corrected chi connectivity index (χ0v) is 39.9. The van der Waals surface area contributed by atoms with Crippen molar-refractivity contribution in [1.29, 1.82) is 0 Å². The van der Waals surface area contributed by atoms with Crippen molar-refractivity contribution in [2.75, 3.05) is 59.2 Å². The number of aliphatic hydroxyl groups excluding tert-OH is 2. The molecule has 2 fully saturated rings. The van der Waals surface area contributed by atoms with Crippen LogP contribution in [0.25, 0.3) is 0 Å². The number of rotatable bonds is 32. The second kappa shape index (κ2) is 27.0. The Morgan fingerprint density at radius 2 is 1.62 bits per heavy atom. The number of allylic oxidation sites excluding steroid dienone is 1. The Balaban J connectivity index is 1.39. The Morgan fingerprint density at radius 3 is 2.31 bits per heavy atom. The van der Waals surface area contributed by atoms with Crippen LogP contribution < -0.4 is 9.47 Å². The van der Waals surface area contributed by atoms with Crippen LogP contribution in [-0.4, -0.2) is 103 Å². The lowest BCUT2D eigenvalue weighted by Gasteiger charge is -2.59. The Hall–Kier alpha value is -3.90. The van der Waals surface area contributed by atoms with Gasteiger partial charge in [-0.15, -0.1) is 6.58 Å². The van der Waals surface area contributed by atoms with Gasteiger partial charge in [0.15, 0.2) is 0 Å². The molecule has 6 rings (SSSR count). The third kappa shape index (κ3) is 14.1. The van der Waals surface area contributed by atoms with E-state index in [2.05, 4.69) is 37.5 Å². The van der Waals surface area contributed by atoms with Gasteiger partial charge in [-0.05, 0) is 79.7 Å². The zero-order chi connectivity index (χ0) is 45.7. The normalized spacial score (nSPS) is 23.8. The fraction of sp³-hybridized carbons (Fsp3) is 0.667. The predicted molar refractivity (Wildman–Crippen MR) is 258 cm³/mol. The molecule has 65 heavy (non-hydrogen) atoms. The Bertz CT molecular complexity index is 1780. The monoisotopic (exact) mass is 900 g/mol. The number of ether oxygens (including phenoxy) is 4. The summed E-state index contributed by atoms with van der Waals surface area (Å²) in [5.74, 6) is -0.0459. The van der Waals surface area contributed by atoms with Crippen LogP contribution in [0.2, 0.25) is 0 Å². The minimum Gasteiger partial charge on any atom is -0.492 e. The molecule has 2 aromatic carbocycles. The lowest BCUT2D eigenvalue weighted by Crippen LogP contribution is -2.70. The predicted octanol–water partition coefficient (Wildman–Crippen LogP) is 11.0. The highest BCUT2D eigenvalue weighted by molar-refractivity contribution is 6.03. The van der Waals surface area contributed by atoms with E-state index in [0.29, 0.717) is 52.0 Å². The van der Waals surface area contributed by atoms with E-state index < -0.39 is 11.8 Å². The van der Waals surface area contributed by atoms with Crippen LogP contribution in [0.5, 0.6) is 11.5 Å². The maximum atomic E-state index is 14.6. The van der Waals surface area contributed by atoms with Crippen molar-refractivity contribution in [1.82, 2.24) is 9.80 Å². The van der Waals surface area contributed by atoms with Crippen LogP contribution in [0.3, 0.4) is 0 Å². The summed E-state index contributed by atoms with van der Waals surface area (Å²) in [6.45, 7) is 13.7. The number of hydrogen-bond acceptors (Lipinski definition) is 10. The third-order valence-corrected chi connectivity index (χ3v) is 13.9. The van der Waals surface area contributed by atoms with Crippen molar-refractivity contribution < 1.29 is 38.8 Å². The van der Waals surface area contributed by atoms with Crippen molar-refractivity contribution in [3.63, 3.8) is 0 Å². The van der Waals surface area contributed by atoms with E-state index in [9.17, 15) is 15.0 Å². The number of aliphatic hydroxyl groups is 2. The highest BCUT2D eigenvalue weighted by atomic mass is 16.7. The van der Waals surface area contributed by atoms with Crippen LogP contribution in [0, 0.1) is 17.8 Å². The molecule has 2 heterocycles. The fourth-order valence-electron chi connectivity index (χ4n) is 10.5. The van der Waals surface area contributed by atoms with Crippen molar-refractivity contribution in [2.24, 2.45) is 22.9 Å². The van der Waals surface area contributed by atoms with Gasteiger partial charge in [0.05, 0.1) is 24.8 Å². The van der Waals surface area contributed by atoms with Crippen molar-refractivity contribution in [3.05, 3.63) is 84.0 Å². The molecule has 0 unspecified atom stereocenters. The Kier molecular flexibility index (Phi) is 21.0. The summed E-state index contributed by atoms with van der Waals surface area (Å²) in [5.41, 5.74) is 3.86. The molecule has 0 radical (unpaired) electrons. The molecule has 0 aromatic heterocycles. The van der Waals surface area contributed by atoms with Gasteiger partial charge in [-0.1, -0.05) is 132 Å².